The molecular formula is C13H19NO3. The Hall–Kier alpha value is -1.55. The average molecular weight is 237 g/mol. The van der Waals surface area contributed by atoms with Crippen LogP contribution in [0.15, 0.2) is 24.3 Å². The van der Waals surface area contributed by atoms with Crippen LogP contribution in [-0.4, -0.2) is 23.7 Å². The summed E-state index contributed by atoms with van der Waals surface area (Å²) in [6.07, 6.45) is 0.130. The Bertz CT molecular complexity index is 365. The maximum Gasteiger partial charge on any atom is 0.304 e. The second kappa shape index (κ2) is 6.91. The summed E-state index contributed by atoms with van der Waals surface area (Å²) in [6.45, 7) is 5.10. The molecule has 17 heavy (non-hydrogen) atoms. The van der Waals surface area contributed by atoms with Gasteiger partial charge in [-0.05, 0) is 31.5 Å². The Balaban J connectivity index is 2.45. The van der Waals surface area contributed by atoms with Gasteiger partial charge in [0.05, 0.1) is 13.0 Å². The third-order valence-electron chi connectivity index (χ3n) is 2.34. The zero-order valence-electron chi connectivity index (χ0n) is 10.3. The number of aliphatic carboxylic acids is 1. The number of rotatable bonds is 7. The predicted molar refractivity (Wildman–Crippen MR) is 66.2 cm³/mol. The summed E-state index contributed by atoms with van der Waals surface area (Å²) in [7, 11) is 0. The molecule has 4 heteroatoms. The molecule has 0 aliphatic carbocycles. The van der Waals surface area contributed by atoms with Gasteiger partial charge in [-0.2, -0.15) is 0 Å². The first kappa shape index (κ1) is 13.5. The molecule has 0 radical (unpaired) electrons. The van der Waals surface area contributed by atoms with Crippen molar-refractivity contribution in [3.8, 4) is 5.75 Å². The summed E-state index contributed by atoms with van der Waals surface area (Å²) in [5.41, 5.74) is 1.09. The van der Waals surface area contributed by atoms with Crippen molar-refractivity contribution in [3.63, 3.8) is 0 Å². The summed E-state index contributed by atoms with van der Waals surface area (Å²) in [5.74, 6) is 0.0609. The highest BCUT2D eigenvalue weighted by atomic mass is 16.5. The van der Waals surface area contributed by atoms with Gasteiger partial charge < -0.3 is 15.2 Å². The van der Waals surface area contributed by atoms with Gasteiger partial charge in [-0.15, -0.1) is 0 Å². The molecule has 1 aromatic rings. The van der Waals surface area contributed by atoms with E-state index in [1.54, 1.807) is 0 Å². The highest BCUT2D eigenvalue weighted by Gasteiger charge is 2.06. The smallest absolute Gasteiger partial charge is 0.304 e. The minimum absolute atomic E-state index is 0.0387. The molecule has 4 nitrogen and oxygen atoms in total. The quantitative estimate of drug-likeness (QED) is 0.762. The molecule has 2 N–H and O–H groups in total. The second-order valence-electron chi connectivity index (χ2n) is 3.96. The molecule has 0 spiro atoms. The lowest BCUT2D eigenvalue weighted by atomic mass is 10.2. The molecule has 1 unspecified atom stereocenters. The zero-order chi connectivity index (χ0) is 12.7. The molecule has 0 amide bonds. The van der Waals surface area contributed by atoms with Gasteiger partial charge >= 0.3 is 5.97 Å². The SMILES string of the molecule is CCOc1cccc(CNC(C)CC(=O)O)c1. The number of nitrogens with one attached hydrogen (secondary N) is 1. The normalized spacial score (nSPS) is 12.1. The Morgan fingerprint density at radius 2 is 2.29 bits per heavy atom. The van der Waals surface area contributed by atoms with Gasteiger partial charge in [0.1, 0.15) is 5.75 Å². The summed E-state index contributed by atoms with van der Waals surface area (Å²) in [6, 6.07) is 7.76. The van der Waals surface area contributed by atoms with Gasteiger partial charge in [-0.3, -0.25) is 4.79 Å². The van der Waals surface area contributed by atoms with Crippen molar-refractivity contribution >= 4 is 5.97 Å². The van der Waals surface area contributed by atoms with Crippen molar-refractivity contribution < 1.29 is 14.6 Å². The first-order chi connectivity index (χ1) is 8.11. The molecule has 1 rings (SSSR count). The van der Waals surface area contributed by atoms with Crippen LogP contribution >= 0.6 is 0 Å². The highest BCUT2D eigenvalue weighted by molar-refractivity contribution is 5.67. The lowest BCUT2D eigenvalue weighted by molar-refractivity contribution is -0.137. The van der Waals surface area contributed by atoms with E-state index < -0.39 is 5.97 Å². The minimum atomic E-state index is -0.784. The molecule has 1 aromatic carbocycles. The van der Waals surface area contributed by atoms with Crippen LogP contribution in [0.4, 0.5) is 0 Å². The van der Waals surface area contributed by atoms with Gasteiger partial charge in [0.2, 0.25) is 0 Å². The molecule has 0 saturated carbocycles. The Labute approximate surface area is 102 Å². The van der Waals surface area contributed by atoms with Crippen LogP contribution in [-0.2, 0) is 11.3 Å². The molecule has 0 heterocycles. The Morgan fingerprint density at radius 3 is 2.94 bits per heavy atom. The zero-order valence-corrected chi connectivity index (χ0v) is 10.3. The van der Waals surface area contributed by atoms with Crippen molar-refractivity contribution in [2.24, 2.45) is 0 Å². The first-order valence-corrected chi connectivity index (χ1v) is 5.78. The molecule has 0 saturated heterocycles. The van der Waals surface area contributed by atoms with E-state index in [0.717, 1.165) is 11.3 Å². The van der Waals surface area contributed by atoms with E-state index in [0.29, 0.717) is 13.2 Å². The van der Waals surface area contributed by atoms with E-state index in [4.69, 9.17) is 9.84 Å². The van der Waals surface area contributed by atoms with Crippen molar-refractivity contribution in [1.82, 2.24) is 5.32 Å². The number of ether oxygens (including phenoxy) is 1. The summed E-state index contributed by atoms with van der Waals surface area (Å²) < 4.78 is 5.40. The van der Waals surface area contributed by atoms with Crippen molar-refractivity contribution in [2.45, 2.75) is 32.9 Å². The fraction of sp³-hybridized carbons (Fsp3) is 0.462. The molecule has 94 valence electrons. The van der Waals surface area contributed by atoms with Gasteiger partial charge in [-0.1, -0.05) is 12.1 Å². The van der Waals surface area contributed by atoms with Gasteiger partial charge in [-0.25, -0.2) is 0 Å². The van der Waals surface area contributed by atoms with Gasteiger partial charge in [0.15, 0.2) is 0 Å². The fourth-order valence-electron chi connectivity index (χ4n) is 1.54. The molecule has 1 atom stereocenters. The summed E-state index contributed by atoms with van der Waals surface area (Å²) in [5, 5.41) is 11.8. The maximum atomic E-state index is 10.5. The molecular weight excluding hydrogens is 218 g/mol. The first-order valence-electron chi connectivity index (χ1n) is 5.78. The van der Waals surface area contributed by atoms with Crippen molar-refractivity contribution in [3.05, 3.63) is 29.8 Å². The van der Waals surface area contributed by atoms with Crippen molar-refractivity contribution in [1.29, 1.82) is 0 Å². The Morgan fingerprint density at radius 1 is 1.53 bits per heavy atom. The maximum absolute atomic E-state index is 10.5. The standard InChI is InChI=1S/C13H19NO3/c1-3-17-12-6-4-5-11(8-12)9-14-10(2)7-13(15)16/h4-6,8,10,14H,3,7,9H2,1-2H3,(H,15,16). The van der Waals surface area contributed by atoms with Crippen molar-refractivity contribution in [2.75, 3.05) is 6.61 Å². The van der Waals surface area contributed by atoms with E-state index in [9.17, 15) is 4.79 Å². The van der Waals surface area contributed by atoms with E-state index in [1.807, 2.05) is 38.1 Å². The molecule has 0 aromatic heterocycles. The molecule has 0 fully saturated rings. The van der Waals surface area contributed by atoms with Crippen LogP contribution in [0.25, 0.3) is 0 Å². The topological polar surface area (TPSA) is 58.6 Å². The number of carbonyl (C=O) groups is 1. The van der Waals surface area contributed by atoms with Crippen LogP contribution in [0, 0.1) is 0 Å². The van der Waals surface area contributed by atoms with E-state index in [1.165, 1.54) is 0 Å². The van der Waals surface area contributed by atoms with Crippen LogP contribution in [0.5, 0.6) is 5.75 Å². The van der Waals surface area contributed by atoms with E-state index >= 15 is 0 Å². The van der Waals surface area contributed by atoms with Crippen LogP contribution < -0.4 is 10.1 Å². The minimum Gasteiger partial charge on any atom is -0.494 e. The second-order valence-corrected chi connectivity index (χ2v) is 3.96. The lowest BCUT2D eigenvalue weighted by Crippen LogP contribution is -2.27. The molecule has 0 aliphatic heterocycles. The predicted octanol–water partition coefficient (Wildman–Crippen LogP) is 2.04. The largest absolute Gasteiger partial charge is 0.494 e. The average Bonchev–Trinajstić information content (AvgIpc) is 2.26. The number of benzene rings is 1. The number of carboxylic acid groups (broad SMARTS) is 1. The summed E-state index contributed by atoms with van der Waals surface area (Å²) >= 11 is 0. The van der Waals surface area contributed by atoms with Crippen LogP contribution in [0.1, 0.15) is 25.8 Å². The summed E-state index contributed by atoms with van der Waals surface area (Å²) in [4.78, 5) is 10.5. The van der Waals surface area contributed by atoms with E-state index in [2.05, 4.69) is 5.32 Å². The van der Waals surface area contributed by atoms with Crippen LogP contribution in [0.3, 0.4) is 0 Å². The van der Waals surface area contributed by atoms with Crippen LogP contribution in [0.2, 0.25) is 0 Å². The third kappa shape index (κ3) is 5.36. The van der Waals surface area contributed by atoms with Gasteiger partial charge in [0, 0.05) is 12.6 Å². The third-order valence-corrected chi connectivity index (χ3v) is 2.34. The molecule has 0 aliphatic rings. The van der Waals surface area contributed by atoms with E-state index in [-0.39, 0.29) is 12.5 Å². The molecule has 0 bridgehead atoms. The lowest BCUT2D eigenvalue weighted by Gasteiger charge is -2.12. The fourth-order valence-corrected chi connectivity index (χ4v) is 1.54. The number of hydrogen-bond donors (Lipinski definition) is 2. The van der Waals surface area contributed by atoms with Gasteiger partial charge in [0.25, 0.3) is 0 Å². The number of hydrogen-bond acceptors (Lipinski definition) is 3. The highest BCUT2D eigenvalue weighted by Crippen LogP contribution is 2.13. The number of carboxylic acids is 1. The monoisotopic (exact) mass is 237 g/mol. The Kier molecular flexibility index (Phi) is 5.49.